The Hall–Kier alpha value is -2.81. The van der Waals surface area contributed by atoms with Gasteiger partial charge >= 0.3 is 0 Å². The topological polar surface area (TPSA) is 81.4 Å². The average molecular weight is 416 g/mol. The molecule has 1 unspecified atom stereocenters. The molecule has 29 heavy (non-hydrogen) atoms. The van der Waals surface area contributed by atoms with E-state index in [0.717, 1.165) is 17.1 Å². The zero-order valence-corrected chi connectivity index (χ0v) is 17.0. The van der Waals surface area contributed by atoms with Gasteiger partial charge in [0.15, 0.2) is 5.82 Å². The number of rotatable bonds is 6. The van der Waals surface area contributed by atoms with Crippen LogP contribution in [0.1, 0.15) is 44.4 Å². The van der Waals surface area contributed by atoms with Crippen LogP contribution in [0.4, 0.5) is 4.39 Å². The Morgan fingerprint density at radius 1 is 1.31 bits per heavy atom. The Morgan fingerprint density at radius 2 is 2.10 bits per heavy atom. The van der Waals surface area contributed by atoms with E-state index in [1.165, 1.54) is 23.5 Å². The highest BCUT2D eigenvalue weighted by molar-refractivity contribution is 7.13. The molecule has 0 N–H and O–H groups in total. The Kier molecular flexibility index (Phi) is 5.57. The molecule has 152 valence electrons. The summed E-state index contributed by atoms with van der Waals surface area (Å²) in [5.74, 6) is 1.45. The number of hydrogen-bond acceptors (Lipinski definition) is 7. The molecule has 2 aromatic heterocycles. The first-order valence-electron chi connectivity index (χ1n) is 9.44. The number of thiazole rings is 1. The van der Waals surface area contributed by atoms with Gasteiger partial charge < -0.3 is 14.2 Å². The molecule has 1 aliphatic heterocycles. The third kappa shape index (κ3) is 4.45. The molecule has 1 atom stereocenters. The van der Waals surface area contributed by atoms with Crippen LogP contribution in [-0.2, 0) is 6.42 Å². The van der Waals surface area contributed by atoms with E-state index in [-0.39, 0.29) is 17.6 Å². The standard InChI is InChI=1S/C20H21FN4O3S/c1-12-18(29-13(2)22-12)20(26)25-9-7-14(11-25)19-23-17(24-28-19)8-10-27-16-5-3-15(21)4-6-16/h3-6,14H,7-11H2,1-2H3. The summed E-state index contributed by atoms with van der Waals surface area (Å²) in [6, 6.07) is 5.86. The molecule has 7 nitrogen and oxygen atoms in total. The predicted molar refractivity (Wildman–Crippen MR) is 105 cm³/mol. The van der Waals surface area contributed by atoms with Crippen molar-refractivity contribution in [1.29, 1.82) is 0 Å². The van der Waals surface area contributed by atoms with Crippen LogP contribution in [0.25, 0.3) is 0 Å². The smallest absolute Gasteiger partial charge is 0.265 e. The van der Waals surface area contributed by atoms with Crippen LogP contribution in [-0.4, -0.2) is 45.6 Å². The molecule has 0 radical (unpaired) electrons. The number of hydrogen-bond donors (Lipinski definition) is 0. The summed E-state index contributed by atoms with van der Waals surface area (Å²) >= 11 is 1.43. The molecule has 4 rings (SSSR count). The summed E-state index contributed by atoms with van der Waals surface area (Å²) in [6.07, 6.45) is 1.27. The van der Waals surface area contributed by atoms with Gasteiger partial charge in [0.05, 0.1) is 23.2 Å². The van der Waals surface area contributed by atoms with Gasteiger partial charge in [-0.3, -0.25) is 4.79 Å². The minimum atomic E-state index is -0.301. The number of aromatic nitrogens is 3. The lowest BCUT2D eigenvalue weighted by molar-refractivity contribution is 0.0793. The van der Waals surface area contributed by atoms with Crippen molar-refractivity contribution in [2.45, 2.75) is 32.6 Å². The largest absolute Gasteiger partial charge is 0.493 e. The van der Waals surface area contributed by atoms with Crippen molar-refractivity contribution in [1.82, 2.24) is 20.0 Å². The van der Waals surface area contributed by atoms with Gasteiger partial charge in [-0.05, 0) is 44.5 Å². The third-order valence-electron chi connectivity index (χ3n) is 4.81. The van der Waals surface area contributed by atoms with E-state index in [0.29, 0.717) is 48.5 Å². The second-order valence-corrected chi connectivity index (χ2v) is 8.19. The zero-order chi connectivity index (χ0) is 20.4. The van der Waals surface area contributed by atoms with Crippen molar-refractivity contribution in [2.75, 3.05) is 19.7 Å². The van der Waals surface area contributed by atoms with Gasteiger partial charge in [0.1, 0.15) is 16.4 Å². The molecule has 3 aromatic rings. The number of ether oxygens (including phenoxy) is 1. The second-order valence-electron chi connectivity index (χ2n) is 6.99. The summed E-state index contributed by atoms with van der Waals surface area (Å²) in [5, 5.41) is 4.91. The van der Waals surface area contributed by atoms with Gasteiger partial charge in [-0.15, -0.1) is 11.3 Å². The molecule has 1 aromatic carbocycles. The molecule has 0 aliphatic carbocycles. The lowest BCUT2D eigenvalue weighted by Crippen LogP contribution is -2.28. The van der Waals surface area contributed by atoms with Crippen molar-refractivity contribution >= 4 is 17.2 Å². The quantitative estimate of drug-likeness (QED) is 0.611. The fraction of sp³-hybridized carbons (Fsp3) is 0.400. The van der Waals surface area contributed by atoms with Crippen LogP contribution in [0.2, 0.25) is 0 Å². The van der Waals surface area contributed by atoms with Crippen molar-refractivity contribution in [3.63, 3.8) is 0 Å². The molecule has 1 amide bonds. The fourth-order valence-corrected chi connectivity index (χ4v) is 4.23. The van der Waals surface area contributed by atoms with Gasteiger partial charge in [0.25, 0.3) is 5.91 Å². The van der Waals surface area contributed by atoms with Crippen LogP contribution in [0.3, 0.4) is 0 Å². The first-order chi connectivity index (χ1) is 14.0. The highest BCUT2D eigenvalue weighted by atomic mass is 32.1. The van der Waals surface area contributed by atoms with Gasteiger partial charge in [-0.2, -0.15) is 4.98 Å². The van der Waals surface area contributed by atoms with Crippen molar-refractivity contribution < 1.29 is 18.4 Å². The Balaban J connectivity index is 1.31. The number of carbonyl (C=O) groups is 1. The average Bonchev–Trinajstić information content (AvgIpc) is 3.42. The summed E-state index contributed by atoms with van der Waals surface area (Å²) in [6.45, 7) is 5.35. The normalized spacial score (nSPS) is 16.4. The molecule has 0 saturated carbocycles. The molecule has 9 heteroatoms. The molecule has 3 heterocycles. The van der Waals surface area contributed by atoms with Gasteiger partial charge in [-0.25, -0.2) is 9.37 Å². The van der Waals surface area contributed by atoms with Crippen LogP contribution >= 0.6 is 11.3 Å². The summed E-state index contributed by atoms with van der Waals surface area (Å²) < 4.78 is 23.9. The van der Waals surface area contributed by atoms with Gasteiger partial charge in [0, 0.05) is 19.5 Å². The lowest BCUT2D eigenvalue weighted by atomic mass is 10.1. The van der Waals surface area contributed by atoms with E-state index in [4.69, 9.17) is 9.26 Å². The minimum Gasteiger partial charge on any atom is -0.493 e. The first-order valence-corrected chi connectivity index (χ1v) is 10.3. The molecular formula is C20H21FN4O3S. The number of carbonyl (C=O) groups excluding carboxylic acids is 1. The van der Waals surface area contributed by atoms with Crippen LogP contribution in [0.5, 0.6) is 5.75 Å². The Morgan fingerprint density at radius 3 is 2.83 bits per heavy atom. The minimum absolute atomic E-state index is 0.0167. The van der Waals surface area contributed by atoms with Crippen LogP contribution in [0, 0.1) is 19.7 Å². The Labute approximate surface area is 171 Å². The van der Waals surface area contributed by atoms with E-state index in [1.54, 1.807) is 12.1 Å². The highest BCUT2D eigenvalue weighted by Crippen LogP contribution is 2.29. The maximum absolute atomic E-state index is 12.9. The van der Waals surface area contributed by atoms with Crippen molar-refractivity contribution in [2.24, 2.45) is 0 Å². The van der Waals surface area contributed by atoms with E-state index in [1.807, 2.05) is 18.7 Å². The van der Waals surface area contributed by atoms with Crippen molar-refractivity contribution in [3.8, 4) is 5.75 Å². The summed E-state index contributed by atoms with van der Waals surface area (Å²) in [4.78, 5) is 24.1. The summed E-state index contributed by atoms with van der Waals surface area (Å²) in [5.41, 5.74) is 0.780. The highest BCUT2D eigenvalue weighted by Gasteiger charge is 2.32. The lowest BCUT2D eigenvalue weighted by Gasteiger charge is -2.14. The molecular weight excluding hydrogens is 395 g/mol. The van der Waals surface area contributed by atoms with Crippen LogP contribution < -0.4 is 4.74 Å². The first kappa shape index (κ1) is 19.5. The SMILES string of the molecule is Cc1nc(C)c(C(=O)N2CCC(c3nc(CCOc4ccc(F)cc4)no3)C2)s1. The molecule has 0 bridgehead atoms. The van der Waals surface area contributed by atoms with E-state index in [2.05, 4.69) is 15.1 Å². The van der Waals surface area contributed by atoms with E-state index in [9.17, 15) is 9.18 Å². The molecule has 1 saturated heterocycles. The number of aryl methyl sites for hydroxylation is 2. The fourth-order valence-electron chi connectivity index (χ4n) is 3.35. The number of nitrogens with zero attached hydrogens (tertiary/aromatic N) is 4. The van der Waals surface area contributed by atoms with Crippen LogP contribution in [0.15, 0.2) is 28.8 Å². The molecule has 1 aliphatic rings. The van der Waals surface area contributed by atoms with E-state index < -0.39 is 0 Å². The number of amides is 1. The second kappa shape index (κ2) is 8.28. The maximum Gasteiger partial charge on any atom is 0.265 e. The monoisotopic (exact) mass is 416 g/mol. The molecule has 0 spiro atoms. The van der Waals surface area contributed by atoms with Gasteiger partial charge in [0.2, 0.25) is 5.89 Å². The van der Waals surface area contributed by atoms with E-state index >= 15 is 0 Å². The zero-order valence-electron chi connectivity index (χ0n) is 16.2. The Bertz CT molecular complexity index is 1000. The third-order valence-corrected chi connectivity index (χ3v) is 5.88. The predicted octanol–water partition coefficient (Wildman–Crippen LogP) is 3.53. The number of halogens is 1. The van der Waals surface area contributed by atoms with Crippen molar-refractivity contribution in [3.05, 3.63) is 57.4 Å². The molecule has 1 fully saturated rings. The maximum atomic E-state index is 12.9. The summed E-state index contributed by atoms with van der Waals surface area (Å²) in [7, 11) is 0. The number of benzene rings is 1. The number of likely N-dealkylation sites (tertiary alicyclic amines) is 1. The van der Waals surface area contributed by atoms with Gasteiger partial charge in [-0.1, -0.05) is 5.16 Å².